The molecule has 2 N–H and O–H groups in total. The summed E-state index contributed by atoms with van der Waals surface area (Å²) in [5.41, 5.74) is 2.84. The molecule has 0 spiro atoms. The van der Waals surface area contributed by atoms with E-state index in [2.05, 4.69) is 15.7 Å². The van der Waals surface area contributed by atoms with E-state index in [1.54, 1.807) is 40.7 Å². The van der Waals surface area contributed by atoms with Gasteiger partial charge in [-0.25, -0.2) is 9.48 Å². The lowest BCUT2D eigenvalue weighted by Crippen LogP contribution is -2.40. The van der Waals surface area contributed by atoms with Crippen molar-refractivity contribution in [3.8, 4) is 16.9 Å². The average molecular weight is 555 g/mol. The Morgan fingerprint density at radius 2 is 1.68 bits per heavy atom. The van der Waals surface area contributed by atoms with E-state index < -0.39 is 0 Å². The molecule has 0 unspecified atom stereocenters. The topological polar surface area (TPSA) is 79.3 Å². The number of urea groups is 1. The minimum Gasteiger partial charge on any atom is -0.315 e. The molecule has 4 rings (SSSR count). The molecule has 1 heterocycles. The molecule has 4 aromatic rings. The molecule has 0 aliphatic heterocycles. The lowest BCUT2D eigenvalue weighted by Gasteiger charge is -2.21. The largest absolute Gasteiger partial charge is 0.322 e. The van der Waals surface area contributed by atoms with Gasteiger partial charge in [0.1, 0.15) is 12.4 Å². The summed E-state index contributed by atoms with van der Waals surface area (Å²) < 4.78 is 1.59. The number of anilines is 2. The van der Waals surface area contributed by atoms with Gasteiger partial charge in [-0.15, -0.1) is 11.8 Å². The van der Waals surface area contributed by atoms with Crippen LogP contribution < -0.4 is 10.6 Å². The van der Waals surface area contributed by atoms with Crippen LogP contribution in [0, 0.1) is 0 Å². The maximum atomic E-state index is 13.0. The molecule has 0 fully saturated rings. The van der Waals surface area contributed by atoms with Gasteiger partial charge in [-0.3, -0.25) is 4.79 Å². The van der Waals surface area contributed by atoms with Crippen LogP contribution in [0.5, 0.6) is 0 Å². The van der Waals surface area contributed by atoms with Crippen molar-refractivity contribution in [1.29, 1.82) is 0 Å². The van der Waals surface area contributed by atoms with E-state index in [9.17, 15) is 9.59 Å². The van der Waals surface area contributed by atoms with Crippen LogP contribution in [0.15, 0.2) is 83.8 Å². The monoisotopic (exact) mass is 553 g/mol. The van der Waals surface area contributed by atoms with Gasteiger partial charge in [-0.05, 0) is 55.6 Å². The number of halogens is 2. The van der Waals surface area contributed by atoms with Gasteiger partial charge in [0.05, 0.1) is 21.4 Å². The summed E-state index contributed by atoms with van der Waals surface area (Å²) >= 11 is 14.0. The van der Waals surface area contributed by atoms with Crippen LogP contribution in [0.1, 0.15) is 6.92 Å². The standard InChI is InChI=1S/C27H25Cl2N5O2S/c1-3-33(27(36)30-19-9-12-21(37-2)13-10-19)17-26(35)31-25-16-24(18-7-5-4-6-8-18)32-34(25)20-11-14-22(28)23(29)15-20/h4-16H,3,17H2,1-2H3,(H,30,36)(H,31,35). The molecular weight excluding hydrogens is 529 g/mol. The lowest BCUT2D eigenvalue weighted by molar-refractivity contribution is -0.116. The van der Waals surface area contributed by atoms with Crippen LogP contribution in [0.3, 0.4) is 0 Å². The van der Waals surface area contributed by atoms with Crippen LogP contribution in [-0.4, -0.2) is 46.0 Å². The van der Waals surface area contributed by atoms with Crippen molar-refractivity contribution < 1.29 is 9.59 Å². The quantitative estimate of drug-likeness (QED) is 0.229. The van der Waals surface area contributed by atoms with E-state index in [4.69, 9.17) is 23.2 Å². The lowest BCUT2D eigenvalue weighted by atomic mass is 10.1. The second-order valence-electron chi connectivity index (χ2n) is 8.01. The number of nitrogens with zero attached hydrogens (tertiary/aromatic N) is 3. The number of carbonyl (C=O) groups excluding carboxylic acids is 2. The Kier molecular flexibility index (Phi) is 8.76. The minimum atomic E-state index is -0.365. The first kappa shape index (κ1) is 26.6. The van der Waals surface area contributed by atoms with E-state index in [0.717, 1.165) is 10.5 Å². The van der Waals surface area contributed by atoms with Crippen LogP contribution in [0.25, 0.3) is 16.9 Å². The number of nitrogens with one attached hydrogen (secondary N) is 2. The van der Waals surface area contributed by atoms with Crippen molar-refractivity contribution in [3.63, 3.8) is 0 Å². The maximum Gasteiger partial charge on any atom is 0.322 e. The molecule has 0 saturated carbocycles. The van der Waals surface area contributed by atoms with Crippen molar-refractivity contribution in [3.05, 3.63) is 88.9 Å². The van der Waals surface area contributed by atoms with Crippen LogP contribution in [0.2, 0.25) is 10.0 Å². The van der Waals surface area contributed by atoms with Gasteiger partial charge >= 0.3 is 6.03 Å². The number of amides is 3. The third-order valence-corrected chi connectivity index (χ3v) is 7.02. The van der Waals surface area contributed by atoms with Gasteiger partial charge in [0.25, 0.3) is 0 Å². The molecule has 0 aliphatic rings. The molecule has 0 radical (unpaired) electrons. The SMILES string of the molecule is CCN(CC(=O)Nc1cc(-c2ccccc2)nn1-c1ccc(Cl)c(Cl)c1)C(=O)Nc1ccc(SC)cc1. The second kappa shape index (κ2) is 12.2. The summed E-state index contributed by atoms with van der Waals surface area (Å²) in [6.45, 7) is 2.03. The predicted octanol–water partition coefficient (Wildman–Crippen LogP) is 7.06. The molecule has 7 nitrogen and oxygen atoms in total. The van der Waals surface area contributed by atoms with Gasteiger partial charge in [0, 0.05) is 28.8 Å². The molecular formula is C27H25Cl2N5O2S. The average Bonchev–Trinajstić information content (AvgIpc) is 3.33. The number of thioether (sulfide) groups is 1. The first-order valence-corrected chi connectivity index (χ1v) is 13.5. The third-order valence-electron chi connectivity index (χ3n) is 5.54. The van der Waals surface area contributed by atoms with Gasteiger partial charge in [-0.1, -0.05) is 53.5 Å². The fourth-order valence-corrected chi connectivity index (χ4v) is 4.29. The number of rotatable bonds is 8. The van der Waals surface area contributed by atoms with Crippen molar-refractivity contribution in [2.75, 3.05) is 30.0 Å². The van der Waals surface area contributed by atoms with Crippen molar-refractivity contribution in [2.45, 2.75) is 11.8 Å². The summed E-state index contributed by atoms with van der Waals surface area (Å²) in [6.07, 6.45) is 1.99. The van der Waals surface area contributed by atoms with E-state index in [1.165, 1.54) is 4.90 Å². The maximum absolute atomic E-state index is 13.0. The van der Waals surface area contributed by atoms with E-state index in [1.807, 2.05) is 67.8 Å². The Morgan fingerprint density at radius 1 is 0.946 bits per heavy atom. The van der Waals surface area contributed by atoms with Gasteiger partial charge in [0.2, 0.25) is 5.91 Å². The Labute approximate surface area is 229 Å². The zero-order valence-electron chi connectivity index (χ0n) is 20.2. The Morgan fingerprint density at radius 3 is 2.32 bits per heavy atom. The summed E-state index contributed by atoms with van der Waals surface area (Å²) in [4.78, 5) is 28.4. The Bertz CT molecular complexity index is 1390. The molecule has 0 aliphatic carbocycles. The molecule has 1 aromatic heterocycles. The van der Waals surface area contributed by atoms with E-state index in [-0.39, 0.29) is 18.5 Å². The van der Waals surface area contributed by atoms with Crippen molar-refractivity contribution in [2.24, 2.45) is 0 Å². The van der Waals surface area contributed by atoms with Gasteiger partial charge in [0.15, 0.2) is 0 Å². The number of hydrogen-bond donors (Lipinski definition) is 2. The first-order chi connectivity index (χ1) is 17.9. The summed E-state index contributed by atoms with van der Waals surface area (Å²) in [7, 11) is 0. The fourth-order valence-electron chi connectivity index (χ4n) is 3.59. The summed E-state index contributed by atoms with van der Waals surface area (Å²) in [5, 5.41) is 11.2. The highest BCUT2D eigenvalue weighted by Crippen LogP contribution is 2.29. The minimum absolute atomic E-state index is 0.140. The molecule has 0 atom stereocenters. The van der Waals surface area contributed by atoms with Crippen LogP contribution in [0.4, 0.5) is 16.3 Å². The Hall–Kier alpha value is -3.46. The van der Waals surface area contributed by atoms with Crippen LogP contribution >= 0.6 is 35.0 Å². The Balaban J connectivity index is 1.53. The highest BCUT2D eigenvalue weighted by molar-refractivity contribution is 7.98. The molecule has 3 amide bonds. The molecule has 0 saturated heterocycles. The third kappa shape index (κ3) is 6.65. The molecule has 0 bridgehead atoms. The smallest absolute Gasteiger partial charge is 0.315 e. The highest BCUT2D eigenvalue weighted by atomic mass is 35.5. The van der Waals surface area contributed by atoms with Crippen LogP contribution in [-0.2, 0) is 4.79 Å². The zero-order valence-corrected chi connectivity index (χ0v) is 22.6. The fraction of sp³-hybridized carbons (Fsp3) is 0.148. The van der Waals surface area contributed by atoms with Gasteiger partial charge < -0.3 is 15.5 Å². The first-order valence-electron chi connectivity index (χ1n) is 11.5. The number of benzene rings is 3. The second-order valence-corrected chi connectivity index (χ2v) is 9.71. The highest BCUT2D eigenvalue weighted by Gasteiger charge is 2.19. The molecule has 3 aromatic carbocycles. The number of likely N-dealkylation sites (N-methyl/N-ethyl adjacent to an activating group) is 1. The van der Waals surface area contributed by atoms with Gasteiger partial charge in [-0.2, -0.15) is 5.10 Å². The normalized spacial score (nSPS) is 10.7. The van der Waals surface area contributed by atoms with E-state index >= 15 is 0 Å². The molecule has 37 heavy (non-hydrogen) atoms. The molecule has 10 heteroatoms. The summed E-state index contributed by atoms with van der Waals surface area (Å²) in [5.74, 6) is 0.0712. The number of carbonyl (C=O) groups is 2. The number of hydrogen-bond acceptors (Lipinski definition) is 4. The van der Waals surface area contributed by atoms with E-state index in [0.29, 0.717) is 39.5 Å². The molecule has 190 valence electrons. The van der Waals surface area contributed by atoms with Crippen molar-refractivity contribution >= 4 is 58.4 Å². The predicted molar refractivity (Wildman–Crippen MR) is 152 cm³/mol. The van der Waals surface area contributed by atoms with Crippen molar-refractivity contribution in [1.82, 2.24) is 14.7 Å². The number of aromatic nitrogens is 2. The zero-order chi connectivity index (χ0) is 26.4. The summed E-state index contributed by atoms with van der Waals surface area (Å²) in [6, 6.07) is 23.7.